The van der Waals surface area contributed by atoms with Gasteiger partial charge in [-0.25, -0.2) is 9.67 Å². The summed E-state index contributed by atoms with van der Waals surface area (Å²) in [5, 5.41) is 6.73. The van der Waals surface area contributed by atoms with Crippen LogP contribution in [0.3, 0.4) is 0 Å². The van der Waals surface area contributed by atoms with Crippen molar-refractivity contribution in [2.75, 3.05) is 27.2 Å². The molecule has 2 aromatic carbocycles. The van der Waals surface area contributed by atoms with Gasteiger partial charge in [0.25, 0.3) is 5.56 Å². The molecular weight excluding hydrogens is 532 g/mol. The lowest BCUT2D eigenvalue weighted by atomic mass is 10.1. The van der Waals surface area contributed by atoms with E-state index in [4.69, 9.17) is 10.1 Å². The fraction of sp³-hybridized carbons (Fsp3) is 0.312. The molecule has 0 radical (unpaired) electrons. The topological polar surface area (TPSA) is 75.7 Å². The minimum atomic E-state index is -0.204. The second kappa shape index (κ2) is 11.8. The first-order valence-corrected chi connectivity index (χ1v) is 14.6. The van der Waals surface area contributed by atoms with Gasteiger partial charge in [0.05, 0.1) is 23.4 Å². The Morgan fingerprint density at radius 1 is 0.976 bits per heavy atom. The van der Waals surface area contributed by atoms with Gasteiger partial charge in [-0.15, -0.1) is 11.3 Å². The van der Waals surface area contributed by atoms with Crippen molar-refractivity contribution in [2.45, 2.75) is 40.7 Å². The Morgan fingerprint density at radius 2 is 1.73 bits per heavy atom. The van der Waals surface area contributed by atoms with Gasteiger partial charge in [0.15, 0.2) is 4.96 Å². The maximum Gasteiger partial charge on any atom is 0.268 e. The summed E-state index contributed by atoms with van der Waals surface area (Å²) in [7, 11) is 3.99. The van der Waals surface area contributed by atoms with E-state index < -0.39 is 0 Å². The van der Waals surface area contributed by atoms with Crippen LogP contribution < -0.4 is 5.56 Å². The predicted octanol–water partition coefficient (Wildman–Crippen LogP) is 4.98. The molecule has 9 heteroatoms. The average molecular weight is 569 g/mol. The highest BCUT2D eigenvalue weighted by Gasteiger charge is 2.22. The molecule has 0 N–H and O–H groups in total. The lowest BCUT2D eigenvalue weighted by Crippen LogP contribution is -2.37. The van der Waals surface area contributed by atoms with Gasteiger partial charge in [0.2, 0.25) is 5.91 Å². The molecule has 0 fully saturated rings. The zero-order valence-electron chi connectivity index (χ0n) is 24.5. The van der Waals surface area contributed by atoms with Crippen LogP contribution >= 0.6 is 11.3 Å². The van der Waals surface area contributed by atoms with E-state index in [1.807, 2.05) is 91.4 Å². The van der Waals surface area contributed by atoms with Crippen molar-refractivity contribution in [2.24, 2.45) is 0 Å². The monoisotopic (exact) mass is 568 g/mol. The molecule has 0 aliphatic rings. The predicted molar refractivity (Wildman–Crippen MR) is 165 cm³/mol. The Bertz CT molecular complexity index is 1770. The summed E-state index contributed by atoms with van der Waals surface area (Å²) in [6.07, 6.45) is 0.111. The Labute approximate surface area is 244 Å². The van der Waals surface area contributed by atoms with Crippen LogP contribution in [0.2, 0.25) is 0 Å². The van der Waals surface area contributed by atoms with Gasteiger partial charge >= 0.3 is 0 Å². The van der Waals surface area contributed by atoms with Crippen LogP contribution in [0.15, 0.2) is 64.8 Å². The van der Waals surface area contributed by atoms with Gasteiger partial charge in [-0.1, -0.05) is 42.5 Å². The van der Waals surface area contributed by atoms with Gasteiger partial charge in [0, 0.05) is 36.4 Å². The fourth-order valence-corrected chi connectivity index (χ4v) is 5.94. The summed E-state index contributed by atoms with van der Waals surface area (Å²) >= 11 is 1.38. The molecule has 5 rings (SSSR count). The number of carbonyl (C=O) groups is 1. The molecule has 41 heavy (non-hydrogen) atoms. The molecule has 3 heterocycles. The van der Waals surface area contributed by atoms with Crippen molar-refractivity contribution in [3.8, 4) is 16.9 Å². The largest absolute Gasteiger partial charge is 0.337 e. The Hall–Kier alpha value is -4.08. The van der Waals surface area contributed by atoms with Crippen molar-refractivity contribution in [3.05, 3.63) is 104 Å². The number of hydrogen-bond acceptors (Lipinski definition) is 6. The summed E-state index contributed by atoms with van der Waals surface area (Å²) in [5.74, 6) is -0.0283. The van der Waals surface area contributed by atoms with E-state index in [-0.39, 0.29) is 17.9 Å². The van der Waals surface area contributed by atoms with Crippen LogP contribution in [0.5, 0.6) is 0 Å². The minimum Gasteiger partial charge on any atom is -0.337 e. The van der Waals surface area contributed by atoms with E-state index in [0.717, 1.165) is 29.1 Å². The summed E-state index contributed by atoms with van der Waals surface area (Å²) in [5.41, 5.74) is 7.39. The van der Waals surface area contributed by atoms with Crippen LogP contribution in [0, 0.1) is 27.7 Å². The lowest BCUT2D eigenvalue weighted by Gasteiger charge is -2.24. The number of hydrogen-bond donors (Lipinski definition) is 0. The third-order valence-corrected chi connectivity index (χ3v) is 8.36. The Morgan fingerprint density at radius 3 is 2.46 bits per heavy atom. The third-order valence-electron chi connectivity index (χ3n) is 7.49. The van der Waals surface area contributed by atoms with E-state index in [1.54, 1.807) is 4.40 Å². The standard InChI is InChI=1S/C32H36N6O2S/c1-21-11-10-14-28(23(21)3)38-22(2)17-27(34-38)30-24(4)33-32-37(31(30)40)26(20-41-32)18-29(39)36(16-15-35(5)6)19-25-12-8-7-9-13-25/h7-14,17,20H,15-16,18-19H2,1-6H3. The van der Waals surface area contributed by atoms with Crippen LogP contribution in [0.4, 0.5) is 0 Å². The number of benzene rings is 2. The van der Waals surface area contributed by atoms with E-state index in [0.29, 0.717) is 40.7 Å². The quantitative estimate of drug-likeness (QED) is 0.251. The summed E-state index contributed by atoms with van der Waals surface area (Å²) in [6, 6.07) is 18.0. The van der Waals surface area contributed by atoms with Gasteiger partial charge < -0.3 is 9.80 Å². The molecule has 3 aromatic heterocycles. The number of carbonyl (C=O) groups excluding carboxylic acids is 1. The highest BCUT2D eigenvalue weighted by Crippen LogP contribution is 2.25. The number of thiazole rings is 1. The first-order valence-electron chi connectivity index (χ1n) is 13.7. The smallest absolute Gasteiger partial charge is 0.268 e. The van der Waals surface area contributed by atoms with Crippen LogP contribution in [-0.4, -0.2) is 62.1 Å². The molecule has 0 spiro atoms. The highest BCUT2D eigenvalue weighted by atomic mass is 32.1. The van der Waals surface area contributed by atoms with Gasteiger partial charge in [-0.2, -0.15) is 5.10 Å². The zero-order valence-corrected chi connectivity index (χ0v) is 25.3. The third kappa shape index (κ3) is 5.87. The molecule has 0 aliphatic heterocycles. The van der Waals surface area contributed by atoms with Crippen molar-refractivity contribution in [3.63, 3.8) is 0 Å². The number of fused-ring (bicyclic) bond motifs is 1. The summed E-state index contributed by atoms with van der Waals surface area (Å²) < 4.78 is 3.47. The Balaban J connectivity index is 1.50. The van der Waals surface area contributed by atoms with Crippen LogP contribution in [0.25, 0.3) is 21.9 Å². The van der Waals surface area contributed by atoms with Crippen molar-refractivity contribution in [1.82, 2.24) is 29.0 Å². The number of rotatable bonds is 9. The fourth-order valence-electron chi connectivity index (χ4n) is 5.01. The highest BCUT2D eigenvalue weighted by molar-refractivity contribution is 7.15. The molecule has 0 saturated heterocycles. The molecule has 0 atom stereocenters. The van der Waals surface area contributed by atoms with Gasteiger partial charge in [-0.3, -0.25) is 14.0 Å². The van der Waals surface area contributed by atoms with E-state index >= 15 is 0 Å². The normalized spacial score (nSPS) is 11.5. The number of nitrogens with zero attached hydrogens (tertiary/aromatic N) is 6. The van der Waals surface area contributed by atoms with Crippen molar-refractivity contribution in [1.29, 1.82) is 0 Å². The average Bonchev–Trinajstić information content (AvgIpc) is 3.51. The maximum atomic E-state index is 14.0. The molecule has 5 aromatic rings. The van der Waals surface area contributed by atoms with Crippen LogP contribution in [-0.2, 0) is 17.8 Å². The molecular formula is C32H36N6O2S. The van der Waals surface area contributed by atoms with Crippen molar-refractivity contribution >= 4 is 22.2 Å². The maximum absolute atomic E-state index is 14.0. The Kier molecular flexibility index (Phi) is 8.19. The molecule has 1 amide bonds. The first-order chi connectivity index (χ1) is 19.6. The summed E-state index contributed by atoms with van der Waals surface area (Å²) in [4.78, 5) is 36.9. The SMILES string of the molecule is Cc1cccc(-n2nc(-c3c(C)nc4scc(CC(=O)N(CCN(C)C)Cc5ccccc5)n4c3=O)cc2C)c1C. The number of aryl methyl sites for hydroxylation is 3. The number of likely N-dealkylation sites (N-methyl/N-ethyl adjacent to an activating group) is 1. The molecule has 0 unspecified atom stereocenters. The van der Waals surface area contributed by atoms with Gasteiger partial charge in [-0.05, 0) is 70.6 Å². The van der Waals surface area contributed by atoms with E-state index in [9.17, 15) is 9.59 Å². The molecule has 0 saturated carbocycles. The number of aromatic nitrogens is 4. The van der Waals surface area contributed by atoms with E-state index in [1.165, 1.54) is 16.9 Å². The van der Waals surface area contributed by atoms with Crippen LogP contribution in [0.1, 0.15) is 33.8 Å². The molecule has 8 nitrogen and oxygen atoms in total. The lowest BCUT2D eigenvalue weighted by molar-refractivity contribution is -0.131. The molecule has 0 aliphatic carbocycles. The van der Waals surface area contributed by atoms with Crippen molar-refractivity contribution < 1.29 is 4.79 Å². The van der Waals surface area contributed by atoms with E-state index in [2.05, 4.69) is 24.8 Å². The number of amides is 1. The summed E-state index contributed by atoms with van der Waals surface area (Å²) in [6.45, 7) is 9.84. The second-order valence-corrected chi connectivity index (χ2v) is 11.6. The second-order valence-electron chi connectivity index (χ2n) is 10.8. The first kappa shape index (κ1) is 28.4. The minimum absolute atomic E-state index is 0.0283. The molecule has 212 valence electrons. The van der Waals surface area contributed by atoms with Gasteiger partial charge in [0.1, 0.15) is 5.69 Å². The molecule has 0 bridgehead atoms. The zero-order chi connectivity index (χ0) is 29.3.